The zero-order chi connectivity index (χ0) is 19.1. The Bertz CT molecular complexity index is 1190. The molecule has 5 heteroatoms. The number of para-hydroxylation sites is 2. The van der Waals surface area contributed by atoms with Crippen LogP contribution < -0.4 is 8.97 Å². The van der Waals surface area contributed by atoms with Crippen LogP contribution >= 0.6 is 0 Å². The minimum Gasteiger partial charge on any atom is -0.310 e. The number of H-pyrrole nitrogens is 2. The van der Waals surface area contributed by atoms with Gasteiger partial charge < -0.3 is 4.98 Å². The van der Waals surface area contributed by atoms with Gasteiger partial charge in [-0.2, -0.15) is 5.26 Å². The Balaban J connectivity index is 2.19. The van der Waals surface area contributed by atoms with Crippen LogP contribution in [0.4, 0.5) is 0 Å². The molecule has 0 spiro atoms. The summed E-state index contributed by atoms with van der Waals surface area (Å²) in [6, 6.07) is 10.7. The molecule has 0 aliphatic carbocycles. The van der Waals surface area contributed by atoms with Crippen LogP contribution in [0.2, 0.25) is 0 Å². The van der Waals surface area contributed by atoms with Gasteiger partial charge in [0.15, 0.2) is 17.9 Å². The number of nitrogens with zero attached hydrogens (tertiary/aromatic N) is 3. The molecular weight excluding hydrogens is 334 g/mol. The van der Waals surface area contributed by atoms with Crippen LogP contribution in [-0.4, -0.2) is 9.97 Å². The molecule has 27 heavy (non-hydrogen) atoms. The summed E-state index contributed by atoms with van der Waals surface area (Å²) >= 11 is 0. The predicted octanol–water partition coefficient (Wildman–Crippen LogP) is 3.59. The first kappa shape index (κ1) is 17.3. The summed E-state index contributed by atoms with van der Waals surface area (Å²) in [6.45, 7) is 8.63. The summed E-state index contributed by atoms with van der Waals surface area (Å²) in [5.74, 6) is 2.77. The Morgan fingerprint density at radius 3 is 2.63 bits per heavy atom. The Labute approximate surface area is 158 Å². The number of imidazole rings is 2. The molecule has 0 radical (unpaired) electrons. The number of aryl methyl sites for hydroxylation is 1. The van der Waals surface area contributed by atoms with Crippen molar-refractivity contribution >= 4 is 16.7 Å². The predicted molar refractivity (Wildman–Crippen MR) is 105 cm³/mol. The van der Waals surface area contributed by atoms with Gasteiger partial charge in [-0.25, -0.2) is 4.98 Å². The highest BCUT2D eigenvalue weighted by molar-refractivity contribution is 5.77. The highest BCUT2D eigenvalue weighted by Crippen LogP contribution is 2.24. The summed E-state index contributed by atoms with van der Waals surface area (Å²) in [7, 11) is 0. The lowest BCUT2D eigenvalue weighted by atomic mass is 9.96. The zero-order valence-corrected chi connectivity index (χ0v) is 16.3. The van der Waals surface area contributed by atoms with E-state index in [4.69, 9.17) is 0 Å². The lowest BCUT2D eigenvalue weighted by molar-refractivity contribution is -0.702. The molecule has 0 atom stereocenters. The number of aromatic amines is 2. The highest BCUT2D eigenvalue weighted by Gasteiger charge is 2.31. The number of fused-ring (bicyclic) bond motifs is 3. The third-order valence-electron chi connectivity index (χ3n) is 5.36. The second kappa shape index (κ2) is 6.55. The third kappa shape index (κ3) is 2.69. The molecule has 1 aromatic carbocycles. The SMILES string of the molecule is Cc1c(CCC(C)C)c(-[n+]2cc[nH]c2C)[n+]2c([nH]c3ccccc32)c1C#N. The first-order chi connectivity index (χ1) is 13.0. The van der Waals surface area contributed by atoms with Gasteiger partial charge in [0.1, 0.15) is 11.6 Å². The molecular formula is C22H25N5+2. The molecule has 136 valence electrons. The van der Waals surface area contributed by atoms with Crippen LogP contribution in [0.1, 0.15) is 42.8 Å². The average Bonchev–Trinajstić information content (AvgIpc) is 3.23. The van der Waals surface area contributed by atoms with Crippen LogP contribution in [0, 0.1) is 31.1 Å². The van der Waals surface area contributed by atoms with Gasteiger partial charge in [-0.1, -0.05) is 26.0 Å². The minimum absolute atomic E-state index is 0.601. The number of rotatable bonds is 4. The molecule has 0 aliphatic rings. The van der Waals surface area contributed by atoms with Gasteiger partial charge in [0.2, 0.25) is 0 Å². The molecule has 0 fully saturated rings. The fourth-order valence-electron chi connectivity index (χ4n) is 3.87. The molecule has 0 saturated heterocycles. The number of hydrogen-bond acceptors (Lipinski definition) is 1. The van der Waals surface area contributed by atoms with Crippen LogP contribution in [0.25, 0.3) is 22.5 Å². The number of pyridine rings is 1. The Hall–Kier alpha value is -3.13. The topological polar surface area (TPSA) is 63.3 Å². The molecule has 4 rings (SSSR count). The zero-order valence-electron chi connectivity index (χ0n) is 16.3. The van der Waals surface area contributed by atoms with Crippen molar-refractivity contribution in [3.05, 3.63) is 59.2 Å². The normalized spacial score (nSPS) is 11.6. The van der Waals surface area contributed by atoms with E-state index < -0.39 is 0 Å². The smallest absolute Gasteiger partial charge is 0.310 e. The van der Waals surface area contributed by atoms with Crippen LogP contribution in [0.3, 0.4) is 0 Å². The summed E-state index contributed by atoms with van der Waals surface area (Å²) in [5.41, 5.74) is 5.99. The highest BCUT2D eigenvalue weighted by atomic mass is 15.2. The van der Waals surface area contributed by atoms with E-state index in [1.54, 1.807) is 0 Å². The van der Waals surface area contributed by atoms with Crippen LogP contribution in [-0.2, 0) is 6.42 Å². The molecule has 0 aliphatic heterocycles. The van der Waals surface area contributed by atoms with E-state index in [1.165, 1.54) is 5.56 Å². The van der Waals surface area contributed by atoms with E-state index >= 15 is 0 Å². The van der Waals surface area contributed by atoms with Crippen molar-refractivity contribution in [1.29, 1.82) is 5.26 Å². The molecule has 3 aromatic heterocycles. The van der Waals surface area contributed by atoms with Gasteiger partial charge >= 0.3 is 11.6 Å². The molecule has 0 saturated carbocycles. The van der Waals surface area contributed by atoms with E-state index in [-0.39, 0.29) is 0 Å². The number of nitriles is 1. The van der Waals surface area contributed by atoms with E-state index in [0.717, 1.165) is 52.3 Å². The van der Waals surface area contributed by atoms with Crippen molar-refractivity contribution in [1.82, 2.24) is 9.97 Å². The van der Waals surface area contributed by atoms with Crippen LogP contribution in [0.5, 0.6) is 0 Å². The molecule has 4 aromatic rings. The summed E-state index contributed by atoms with van der Waals surface area (Å²) in [6.07, 6.45) is 6.03. The van der Waals surface area contributed by atoms with E-state index in [0.29, 0.717) is 5.92 Å². The van der Waals surface area contributed by atoms with Gasteiger partial charge in [0, 0.05) is 0 Å². The summed E-state index contributed by atoms with van der Waals surface area (Å²) in [4.78, 5) is 6.76. The first-order valence-electron chi connectivity index (χ1n) is 9.47. The van der Waals surface area contributed by atoms with Crippen molar-refractivity contribution in [2.24, 2.45) is 5.92 Å². The van der Waals surface area contributed by atoms with Crippen molar-refractivity contribution < 1.29 is 8.97 Å². The maximum atomic E-state index is 9.92. The number of nitrogens with one attached hydrogen (secondary N) is 2. The fraction of sp³-hybridized carbons (Fsp3) is 0.318. The van der Waals surface area contributed by atoms with Gasteiger partial charge in [0.05, 0.1) is 18.0 Å². The van der Waals surface area contributed by atoms with Gasteiger partial charge in [-0.05, 0) is 43.4 Å². The monoisotopic (exact) mass is 359 g/mol. The maximum Gasteiger partial charge on any atom is 0.355 e. The average molecular weight is 359 g/mol. The number of benzene rings is 1. The van der Waals surface area contributed by atoms with Crippen molar-refractivity contribution in [2.75, 3.05) is 0 Å². The third-order valence-corrected chi connectivity index (χ3v) is 5.36. The summed E-state index contributed by atoms with van der Waals surface area (Å²) in [5, 5.41) is 9.92. The molecule has 2 N–H and O–H groups in total. The largest absolute Gasteiger partial charge is 0.355 e. The van der Waals surface area contributed by atoms with E-state index in [2.05, 4.69) is 71.0 Å². The standard InChI is InChI=1S/C22H23N5/c1-14(2)9-10-17-15(3)18(13-23)21-25-19-7-5-6-8-20(19)27(21)22(17)26-12-11-24-16(26)4/h5-8,11-12,14H,9-10H2,1-4H3/p+2. The quantitative estimate of drug-likeness (QED) is 0.538. The first-order valence-corrected chi connectivity index (χ1v) is 9.47. The Morgan fingerprint density at radius 1 is 1.19 bits per heavy atom. The van der Waals surface area contributed by atoms with Gasteiger partial charge in [-0.3, -0.25) is 0 Å². The molecule has 5 nitrogen and oxygen atoms in total. The lowest BCUT2D eigenvalue weighted by Crippen LogP contribution is -2.46. The van der Waals surface area contributed by atoms with E-state index in [9.17, 15) is 5.26 Å². The molecule has 0 unspecified atom stereocenters. The Morgan fingerprint density at radius 2 is 1.96 bits per heavy atom. The van der Waals surface area contributed by atoms with Crippen LogP contribution in [0.15, 0.2) is 36.7 Å². The van der Waals surface area contributed by atoms with Gasteiger partial charge in [-0.15, -0.1) is 8.97 Å². The van der Waals surface area contributed by atoms with Gasteiger partial charge in [0.25, 0.3) is 5.65 Å². The van der Waals surface area contributed by atoms with Crippen molar-refractivity contribution in [3.63, 3.8) is 0 Å². The molecule has 0 bridgehead atoms. The maximum absolute atomic E-state index is 9.92. The second-order valence-electron chi connectivity index (χ2n) is 7.59. The molecule has 0 amide bonds. The number of aromatic nitrogens is 4. The Kier molecular flexibility index (Phi) is 4.19. The fourth-order valence-corrected chi connectivity index (χ4v) is 3.87. The van der Waals surface area contributed by atoms with Crippen molar-refractivity contribution in [3.8, 4) is 11.9 Å². The number of hydrogen-bond donors (Lipinski definition) is 2. The minimum atomic E-state index is 0.601. The van der Waals surface area contributed by atoms with Crippen molar-refractivity contribution in [2.45, 2.75) is 40.5 Å². The lowest BCUT2D eigenvalue weighted by Gasteiger charge is -2.11. The molecule has 3 heterocycles. The summed E-state index contributed by atoms with van der Waals surface area (Å²) < 4.78 is 4.40. The second-order valence-corrected chi connectivity index (χ2v) is 7.59. The van der Waals surface area contributed by atoms with E-state index in [1.807, 2.05) is 18.3 Å².